The normalized spacial score (nSPS) is 10.4. The molecule has 0 spiro atoms. The van der Waals surface area contributed by atoms with Crippen molar-refractivity contribution in [3.05, 3.63) is 107 Å². The smallest absolute Gasteiger partial charge is 0.227 e. The van der Waals surface area contributed by atoms with Gasteiger partial charge in [-0.2, -0.15) is 0 Å². The highest BCUT2D eigenvalue weighted by Gasteiger charge is 2.15. The van der Waals surface area contributed by atoms with E-state index >= 15 is 0 Å². The molecular formula is C22H20ClNO. The highest BCUT2D eigenvalue weighted by molar-refractivity contribution is 6.30. The number of rotatable bonds is 6. The van der Waals surface area contributed by atoms with Gasteiger partial charge in [0.15, 0.2) is 0 Å². The summed E-state index contributed by atoms with van der Waals surface area (Å²) in [5.41, 5.74) is 3.18. The lowest BCUT2D eigenvalue weighted by molar-refractivity contribution is -0.131. The van der Waals surface area contributed by atoms with E-state index in [0.717, 1.165) is 16.7 Å². The quantitative estimate of drug-likeness (QED) is 0.605. The van der Waals surface area contributed by atoms with Crippen LogP contribution in [0.2, 0.25) is 5.02 Å². The molecule has 0 atom stereocenters. The Hall–Kier alpha value is -2.58. The Kier molecular flexibility index (Phi) is 5.86. The van der Waals surface area contributed by atoms with Crippen molar-refractivity contribution in [3.63, 3.8) is 0 Å². The monoisotopic (exact) mass is 349 g/mol. The van der Waals surface area contributed by atoms with Crippen LogP contribution in [0.5, 0.6) is 0 Å². The number of amides is 1. The van der Waals surface area contributed by atoms with Gasteiger partial charge >= 0.3 is 0 Å². The molecule has 3 heteroatoms. The minimum absolute atomic E-state index is 0.0926. The van der Waals surface area contributed by atoms with Crippen molar-refractivity contribution in [1.82, 2.24) is 4.90 Å². The molecule has 25 heavy (non-hydrogen) atoms. The Morgan fingerprint density at radius 2 is 1.24 bits per heavy atom. The Labute approximate surface area is 153 Å². The lowest BCUT2D eigenvalue weighted by Crippen LogP contribution is -2.31. The van der Waals surface area contributed by atoms with Gasteiger partial charge in [-0.15, -0.1) is 0 Å². The van der Waals surface area contributed by atoms with Crippen LogP contribution in [0.15, 0.2) is 84.9 Å². The number of carbonyl (C=O) groups is 1. The molecule has 0 saturated carbocycles. The third kappa shape index (κ3) is 5.20. The molecular weight excluding hydrogens is 330 g/mol. The molecule has 0 aromatic heterocycles. The molecule has 0 fully saturated rings. The molecule has 2 nitrogen and oxygen atoms in total. The highest BCUT2D eigenvalue weighted by Crippen LogP contribution is 2.15. The molecule has 0 N–H and O–H groups in total. The van der Waals surface area contributed by atoms with Gasteiger partial charge in [0.25, 0.3) is 0 Å². The van der Waals surface area contributed by atoms with Crippen molar-refractivity contribution in [3.8, 4) is 0 Å². The third-order valence-electron chi connectivity index (χ3n) is 4.03. The summed E-state index contributed by atoms with van der Waals surface area (Å²) in [6.45, 7) is 1.18. The van der Waals surface area contributed by atoms with Crippen LogP contribution in [-0.4, -0.2) is 10.8 Å². The zero-order valence-corrected chi connectivity index (χ0v) is 14.7. The average Bonchev–Trinajstić information content (AvgIpc) is 2.63. The maximum atomic E-state index is 12.9. The fourth-order valence-electron chi connectivity index (χ4n) is 2.77. The van der Waals surface area contributed by atoms with Crippen LogP contribution >= 0.6 is 11.6 Å². The van der Waals surface area contributed by atoms with Gasteiger partial charge in [0.1, 0.15) is 0 Å². The largest absolute Gasteiger partial charge is 0.334 e. The van der Waals surface area contributed by atoms with E-state index in [9.17, 15) is 4.79 Å². The van der Waals surface area contributed by atoms with Gasteiger partial charge in [0.05, 0.1) is 6.42 Å². The Bertz CT molecular complexity index is 776. The second-order valence-corrected chi connectivity index (χ2v) is 6.46. The number of nitrogens with zero attached hydrogens (tertiary/aromatic N) is 1. The second kappa shape index (κ2) is 8.50. The van der Waals surface area contributed by atoms with E-state index in [1.165, 1.54) is 0 Å². The van der Waals surface area contributed by atoms with Crippen molar-refractivity contribution >= 4 is 17.5 Å². The molecule has 0 bridgehead atoms. The summed E-state index contributed by atoms with van der Waals surface area (Å²) in [4.78, 5) is 14.8. The summed E-state index contributed by atoms with van der Waals surface area (Å²) in [7, 11) is 0. The first-order valence-electron chi connectivity index (χ1n) is 8.31. The van der Waals surface area contributed by atoms with E-state index in [1.54, 1.807) is 0 Å². The molecule has 0 saturated heterocycles. The highest BCUT2D eigenvalue weighted by atomic mass is 35.5. The van der Waals surface area contributed by atoms with E-state index in [4.69, 9.17) is 11.6 Å². The van der Waals surface area contributed by atoms with Crippen molar-refractivity contribution in [2.75, 3.05) is 0 Å². The number of halogens is 1. The van der Waals surface area contributed by atoms with Crippen LogP contribution < -0.4 is 0 Å². The fraction of sp³-hybridized carbons (Fsp3) is 0.136. The van der Waals surface area contributed by atoms with Gasteiger partial charge in [-0.05, 0) is 28.8 Å². The molecule has 0 aliphatic carbocycles. The lowest BCUT2D eigenvalue weighted by Gasteiger charge is -2.23. The maximum absolute atomic E-state index is 12.9. The second-order valence-electron chi connectivity index (χ2n) is 6.03. The Balaban J connectivity index is 1.78. The topological polar surface area (TPSA) is 20.3 Å². The predicted octanol–water partition coefficient (Wildman–Crippen LogP) is 5.11. The zero-order valence-electron chi connectivity index (χ0n) is 13.9. The van der Waals surface area contributed by atoms with Crippen LogP contribution in [-0.2, 0) is 24.3 Å². The SMILES string of the molecule is O=C(Cc1cccc(Cl)c1)N(Cc1ccccc1)Cc1ccccc1. The van der Waals surface area contributed by atoms with E-state index in [0.29, 0.717) is 24.5 Å². The summed E-state index contributed by atoms with van der Waals surface area (Å²) >= 11 is 6.04. The molecule has 3 rings (SSSR count). The van der Waals surface area contributed by atoms with Gasteiger partial charge in [-0.1, -0.05) is 84.4 Å². The maximum Gasteiger partial charge on any atom is 0.227 e. The molecule has 0 radical (unpaired) electrons. The number of hydrogen-bond donors (Lipinski definition) is 0. The summed E-state index contributed by atoms with van der Waals surface area (Å²) in [6.07, 6.45) is 0.347. The van der Waals surface area contributed by atoms with Crippen molar-refractivity contribution in [2.45, 2.75) is 19.5 Å². The Morgan fingerprint density at radius 1 is 0.720 bits per heavy atom. The summed E-state index contributed by atoms with van der Waals surface area (Å²) in [5, 5.41) is 0.656. The minimum Gasteiger partial charge on any atom is -0.334 e. The van der Waals surface area contributed by atoms with E-state index in [2.05, 4.69) is 0 Å². The minimum atomic E-state index is 0.0926. The molecule has 3 aromatic carbocycles. The van der Waals surface area contributed by atoms with Crippen LogP contribution in [0.4, 0.5) is 0 Å². The summed E-state index contributed by atoms with van der Waals surface area (Å²) in [5.74, 6) is 0.0926. The first kappa shape index (κ1) is 17.2. The fourth-order valence-corrected chi connectivity index (χ4v) is 2.99. The molecule has 3 aromatic rings. The van der Waals surface area contributed by atoms with Crippen molar-refractivity contribution in [2.24, 2.45) is 0 Å². The molecule has 126 valence electrons. The van der Waals surface area contributed by atoms with Gasteiger partial charge in [0.2, 0.25) is 5.91 Å². The molecule has 0 unspecified atom stereocenters. The van der Waals surface area contributed by atoms with Crippen LogP contribution in [0.3, 0.4) is 0 Å². The van der Waals surface area contributed by atoms with Crippen LogP contribution in [0.25, 0.3) is 0 Å². The number of hydrogen-bond acceptors (Lipinski definition) is 1. The van der Waals surface area contributed by atoms with Gasteiger partial charge in [0, 0.05) is 18.1 Å². The van der Waals surface area contributed by atoms with Crippen molar-refractivity contribution < 1.29 is 4.79 Å². The number of carbonyl (C=O) groups excluding carboxylic acids is 1. The predicted molar refractivity (Wildman–Crippen MR) is 102 cm³/mol. The van der Waals surface area contributed by atoms with Crippen LogP contribution in [0.1, 0.15) is 16.7 Å². The summed E-state index contributed by atoms with van der Waals surface area (Å²) < 4.78 is 0. The third-order valence-corrected chi connectivity index (χ3v) is 4.26. The molecule has 1 amide bonds. The van der Waals surface area contributed by atoms with E-state index in [1.807, 2.05) is 89.8 Å². The van der Waals surface area contributed by atoms with Crippen LogP contribution in [0, 0.1) is 0 Å². The summed E-state index contributed by atoms with van der Waals surface area (Å²) in [6, 6.07) is 27.6. The molecule has 0 heterocycles. The van der Waals surface area contributed by atoms with E-state index in [-0.39, 0.29) is 5.91 Å². The first-order valence-corrected chi connectivity index (χ1v) is 8.68. The van der Waals surface area contributed by atoms with Gasteiger partial charge in [-0.3, -0.25) is 4.79 Å². The Morgan fingerprint density at radius 3 is 1.76 bits per heavy atom. The van der Waals surface area contributed by atoms with Crippen molar-refractivity contribution in [1.29, 1.82) is 0 Å². The number of benzene rings is 3. The average molecular weight is 350 g/mol. The lowest BCUT2D eigenvalue weighted by atomic mass is 10.1. The standard InChI is InChI=1S/C22H20ClNO/c23-21-13-7-12-20(14-21)15-22(25)24(16-18-8-3-1-4-9-18)17-19-10-5-2-6-11-19/h1-14H,15-17H2. The first-order chi connectivity index (χ1) is 12.2. The molecule has 0 aliphatic heterocycles. The zero-order chi connectivity index (χ0) is 17.5. The van der Waals surface area contributed by atoms with Gasteiger partial charge in [-0.25, -0.2) is 0 Å². The molecule has 0 aliphatic rings. The van der Waals surface area contributed by atoms with Gasteiger partial charge < -0.3 is 4.90 Å². The van der Waals surface area contributed by atoms with E-state index < -0.39 is 0 Å².